The van der Waals surface area contributed by atoms with Gasteiger partial charge in [-0.25, -0.2) is 8.78 Å². The predicted molar refractivity (Wildman–Crippen MR) is 58.4 cm³/mol. The van der Waals surface area contributed by atoms with E-state index in [-0.39, 0.29) is 5.56 Å². The molecule has 1 aromatic carbocycles. The summed E-state index contributed by atoms with van der Waals surface area (Å²) in [6.45, 7) is 1.76. The average molecular weight is 238 g/mol. The summed E-state index contributed by atoms with van der Waals surface area (Å²) < 4.78 is 28.0. The molecule has 2 rings (SSSR count). The maximum atomic E-state index is 13.5. The van der Waals surface area contributed by atoms with Crippen LogP contribution >= 0.6 is 0 Å². The summed E-state index contributed by atoms with van der Waals surface area (Å²) >= 11 is 0. The van der Waals surface area contributed by atoms with Crippen molar-refractivity contribution in [2.45, 2.75) is 13.0 Å². The lowest BCUT2D eigenvalue weighted by atomic mass is 10.1. The van der Waals surface area contributed by atoms with E-state index in [4.69, 9.17) is 0 Å². The summed E-state index contributed by atoms with van der Waals surface area (Å²) in [5.74, 6) is -2.00. The number of aryl methyl sites for hydroxylation is 2. The molecule has 0 aliphatic carbocycles. The minimum absolute atomic E-state index is 0.0898. The number of nitrogens with zero attached hydrogens (tertiary/aromatic N) is 2. The molecule has 1 N–H and O–H groups in total. The summed E-state index contributed by atoms with van der Waals surface area (Å²) in [4.78, 5) is 0. The van der Waals surface area contributed by atoms with Gasteiger partial charge in [0.25, 0.3) is 0 Å². The molecule has 0 amide bonds. The molecular weight excluding hydrogens is 226 g/mol. The molecule has 2 aromatic rings. The van der Waals surface area contributed by atoms with Crippen LogP contribution in [-0.4, -0.2) is 14.9 Å². The van der Waals surface area contributed by atoms with Crippen LogP contribution in [0.1, 0.15) is 23.1 Å². The molecule has 0 aliphatic rings. The molecule has 1 unspecified atom stereocenters. The monoisotopic (exact) mass is 238 g/mol. The van der Waals surface area contributed by atoms with Crippen LogP contribution in [0.25, 0.3) is 0 Å². The Morgan fingerprint density at radius 1 is 1.35 bits per heavy atom. The second-order valence-corrected chi connectivity index (χ2v) is 3.88. The van der Waals surface area contributed by atoms with Crippen molar-refractivity contribution in [2.75, 3.05) is 0 Å². The number of hydrogen-bond acceptors (Lipinski definition) is 2. The lowest BCUT2D eigenvalue weighted by Gasteiger charge is -2.12. The lowest BCUT2D eigenvalue weighted by Crippen LogP contribution is -2.09. The normalized spacial score (nSPS) is 12.8. The van der Waals surface area contributed by atoms with Crippen LogP contribution in [0.2, 0.25) is 0 Å². The van der Waals surface area contributed by atoms with E-state index in [0.717, 1.165) is 6.07 Å². The molecule has 3 nitrogen and oxygen atoms in total. The van der Waals surface area contributed by atoms with Gasteiger partial charge in [-0.15, -0.1) is 0 Å². The van der Waals surface area contributed by atoms with Gasteiger partial charge in [0.15, 0.2) is 11.6 Å². The lowest BCUT2D eigenvalue weighted by molar-refractivity contribution is 0.203. The quantitative estimate of drug-likeness (QED) is 0.870. The van der Waals surface area contributed by atoms with Crippen molar-refractivity contribution in [2.24, 2.45) is 7.05 Å². The van der Waals surface area contributed by atoms with Crippen molar-refractivity contribution in [3.05, 3.63) is 52.9 Å². The second-order valence-electron chi connectivity index (χ2n) is 3.88. The number of benzene rings is 1. The minimum atomic E-state index is -1.23. The van der Waals surface area contributed by atoms with Crippen LogP contribution in [0.5, 0.6) is 0 Å². The minimum Gasteiger partial charge on any atom is -0.382 e. The average Bonchev–Trinajstić information content (AvgIpc) is 2.61. The Bertz CT molecular complexity index is 551. The van der Waals surface area contributed by atoms with Gasteiger partial charge in [-0.3, -0.25) is 4.68 Å². The predicted octanol–water partition coefficient (Wildman–Crippen LogP) is 2.09. The van der Waals surface area contributed by atoms with Crippen molar-refractivity contribution >= 4 is 0 Å². The Kier molecular flexibility index (Phi) is 2.93. The van der Waals surface area contributed by atoms with Gasteiger partial charge in [0.1, 0.15) is 6.10 Å². The first-order valence-corrected chi connectivity index (χ1v) is 5.13. The Morgan fingerprint density at radius 2 is 2.06 bits per heavy atom. The van der Waals surface area contributed by atoms with Crippen LogP contribution in [0.4, 0.5) is 8.78 Å². The highest BCUT2D eigenvalue weighted by Crippen LogP contribution is 2.25. The molecule has 0 saturated carbocycles. The van der Waals surface area contributed by atoms with E-state index in [1.54, 1.807) is 20.0 Å². The fraction of sp³-hybridized carbons (Fsp3) is 0.250. The van der Waals surface area contributed by atoms with Crippen LogP contribution in [0.3, 0.4) is 0 Å². The molecule has 90 valence electrons. The van der Waals surface area contributed by atoms with Gasteiger partial charge in [0, 0.05) is 12.6 Å². The van der Waals surface area contributed by atoms with E-state index in [9.17, 15) is 13.9 Å². The first-order valence-electron chi connectivity index (χ1n) is 5.13. The molecule has 17 heavy (non-hydrogen) atoms. The highest BCUT2D eigenvalue weighted by Gasteiger charge is 2.20. The number of aliphatic hydroxyl groups excluding tert-OH is 1. The van der Waals surface area contributed by atoms with E-state index in [2.05, 4.69) is 5.10 Å². The van der Waals surface area contributed by atoms with Crippen molar-refractivity contribution < 1.29 is 13.9 Å². The van der Waals surface area contributed by atoms with Crippen molar-refractivity contribution in [3.63, 3.8) is 0 Å². The Labute approximate surface area is 97.3 Å². The third-order valence-electron chi connectivity index (χ3n) is 2.59. The van der Waals surface area contributed by atoms with E-state index in [1.165, 1.54) is 16.8 Å². The highest BCUT2D eigenvalue weighted by molar-refractivity contribution is 5.28. The first kappa shape index (κ1) is 11.7. The fourth-order valence-corrected chi connectivity index (χ4v) is 1.78. The van der Waals surface area contributed by atoms with Crippen molar-refractivity contribution in [1.82, 2.24) is 9.78 Å². The first-order chi connectivity index (χ1) is 8.00. The molecular formula is C12H12F2N2O. The Morgan fingerprint density at radius 3 is 2.65 bits per heavy atom. The van der Waals surface area contributed by atoms with Gasteiger partial charge < -0.3 is 5.11 Å². The number of hydrogen-bond donors (Lipinski definition) is 1. The van der Waals surface area contributed by atoms with Crippen LogP contribution in [0, 0.1) is 18.6 Å². The van der Waals surface area contributed by atoms with Crippen molar-refractivity contribution in [3.8, 4) is 0 Å². The second kappa shape index (κ2) is 4.25. The van der Waals surface area contributed by atoms with Crippen LogP contribution < -0.4 is 0 Å². The third-order valence-corrected chi connectivity index (χ3v) is 2.59. The summed E-state index contributed by atoms with van der Waals surface area (Å²) in [7, 11) is 1.64. The smallest absolute Gasteiger partial charge is 0.165 e. The zero-order chi connectivity index (χ0) is 12.6. The van der Waals surface area contributed by atoms with E-state index < -0.39 is 17.7 Å². The molecule has 0 radical (unpaired) electrons. The summed E-state index contributed by atoms with van der Waals surface area (Å²) in [6, 6.07) is 5.36. The van der Waals surface area contributed by atoms with Gasteiger partial charge in [0.05, 0.1) is 11.4 Å². The van der Waals surface area contributed by atoms with E-state index in [0.29, 0.717) is 11.4 Å². The molecule has 5 heteroatoms. The number of aliphatic hydroxyl groups is 1. The van der Waals surface area contributed by atoms with Gasteiger partial charge in [-0.05, 0) is 19.1 Å². The summed E-state index contributed by atoms with van der Waals surface area (Å²) in [6.07, 6.45) is -1.23. The van der Waals surface area contributed by atoms with Gasteiger partial charge in [-0.1, -0.05) is 12.1 Å². The Balaban J connectivity index is 2.47. The molecule has 0 fully saturated rings. The third kappa shape index (κ3) is 2.06. The standard InChI is InChI=1S/C12H12F2N2O/c1-7-6-10(16(2)15-7)12(17)8-4-3-5-9(13)11(8)14/h3-6,12,17H,1-2H3. The highest BCUT2D eigenvalue weighted by atomic mass is 19.2. The van der Waals surface area contributed by atoms with Gasteiger partial charge in [-0.2, -0.15) is 5.10 Å². The molecule has 1 atom stereocenters. The molecule has 1 aromatic heterocycles. The van der Waals surface area contributed by atoms with E-state index >= 15 is 0 Å². The maximum absolute atomic E-state index is 13.5. The maximum Gasteiger partial charge on any atom is 0.165 e. The summed E-state index contributed by atoms with van der Waals surface area (Å²) in [5, 5.41) is 14.1. The van der Waals surface area contributed by atoms with Crippen LogP contribution in [0.15, 0.2) is 24.3 Å². The number of halogens is 2. The molecule has 0 spiro atoms. The molecule has 0 saturated heterocycles. The van der Waals surface area contributed by atoms with E-state index in [1.807, 2.05) is 0 Å². The van der Waals surface area contributed by atoms with Crippen molar-refractivity contribution in [1.29, 1.82) is 0 Å². The van der Waals surface area contributed by atoms with Gasteiger partial charge in [0.2, 0.25) is 0 Å². The molecule has 0 aliphatic heterocycles. The zero-order valence-corrected chi connectivity index (χ0v) is 9.48. The SMILES string of the molecule is Cc1cc(C(O)c2cccc(F)c2F)n(C)n1. The molecule has 1 heterocycles. The molecule has 0 bridgehead atoms. The number of rotatable bonds is 2. The number of aromatic nitrogens is 2. The topological polar surface area (TPSA) is 38.0 Å². The van der Waals surface area contributed by atoms with Gasteiger partial charge >= 0.3 is 0 Å². The summed E-state index contributed by atoms with van der Waals surface area (Å²) in [5.41, 5.74) is 1.04. The zero-order valence-electron chi connectivity index (χ0n) is 9.48. The Hall–Kier alpha value is -1.75. The van der Waals surface area contributed by atoms with Crippen LogP contribution in [-0.2, 0) is 7.05 Å². The fourth-order valence-electron chi connectivity index (χ4n) is 1.78. The largest absolute Gasteiger partial charge is 0.382 e.